The Morgan fingerprint density at radius 2 is 0.770 bits per heavy atom. The van der Waals surface area contributed by atoms with Crippen molar-refractivity contribution in [2.45, 2.75) is 0 Å². The zero-order valence-corrected chi connectivity index (χ0v) is 32.8. The molecule has 13 rings (SSSR count). The summed E-state index contributed by atoms with van der Waals surface area (Å²) in [6.07, 6.45) is 0. The summed E-state index contributed by atoms with van der Waals surface area (Å²) in [5.41, 5.74) is 10.5. The highest BCUT2D eigenvalue weighted by Crippen LogP contribution is 2.43. The molecule has 0 aliphatic heterocycles. The number of fused-ring (bicyclic) bond motifs is 10. The van der Waals surface area contributed by atoms with Crippen molar-refractivity contribution in [3.8, 4) is 40.1 Å². The molecule has 0 atom stereocenters. The Hall–Kier alpha value is -8.35. The standard InChI is InChI=1S/C55H34N6/c1-2-17-36(18-3-1)53-56-54(38-33-32-35-16-4-5-19-37(35)34-38)58-55(57-53)61-49-30-15-29-48(59-44-25-10-6-20-39(44)40-21-7-11-26-45(40)59)51(49)43-24-14-31-50(52(43)61)60-46-27-12-8-22-41(46)42-23-9-13-28-47(42)60/h1-34H. The minimum Gasteiger partial charge on any atom is -0.309 e. The lowest BCUT2D eigenvalue weighted by molar-refractivity contribution is 0.950. The summed E-state index contributed by atoms with van der Waals surface area (Å²) in [5, 5.41) is 9.35. The fourth-order valence-electron chi connectivity index (χ4n) is 9.66. The monoisotopic (exact) mass is 778 g/mol. The lowest BCUT2D eigenvalue weighted by Gasteiger charge is -2.15. The Bertz CT molecular complexity index is 3780. The normalized spacial score (nSPS) is 11.9. The van der Waals surface area contributed by atoms with Gasteiger partial charge in [0.1, 0.15) is 0 Å². The van der Waals surface area contributed by atoms with E-state index in [-0.39, 0.29) is 0 Å². The van der Waals surface area contributed by atoms with Crippen molar-refractivity contribution in [3.05, 3.63) is 206 Å². The summed E-state index contributed by atoms with van der Waals surface area (Å²) < 4.78 is 7.11. The van der Waals surface area contributed by atoms with Gasteiger partial charge in [-0.3, -0.25) is 4.57 Å². The van der Waals surface area contributed by atoms with Crippen LogP contribution >= 0.6 is 0 Å². The molecule has 6 nitrogen and oxygen atoms in total. The van der Waals surface area contributed by atoms with Crippen molar-refractivity contribution in [2.75, 3.05) is 0 Å². The van der Waals surface area contributed by atoms with E-state index in [1.807, 2.05) is 18.2 Å². The molecule has 0 radical (unpaired) electrons. The third-order valence-corrected chi connectivity index (χ3v) is 12.3. The smallest absolute Gasteiger partial charge is 0.238 e. The molecular weight excluding hydrogens is 745 g/mol. The van der Waals surface area contributed by atoms with E-state index in [4.69, 9.17) is 15.0 Å². The first-order chi connectivity index (χ1) is 30.3. The number of hydrogen-bond acceptors (Lipinski definition) is 3. The van der Waals surface area contributed by atoms with E-state index in [1.54, 1.807) is 0 Å². The van der Waals surface area contributed by atoms with Gasteiger partial charge in [0.15, 0.2) is 11.6 Å². The molecular formula is C55H34N6. The Morgan fingerprint density at radius 3 is 1.41 bits per heavy atom. The predicted octanol–water partition coefficient (Wildman–Crippen LogP) is 13.7. The van der Waals surface area contributed by atoms with Crippen LogP contribution in [0.2, 0.25) is 0 Å². The molecule has 13 aromatic rings. The van der Waals surface area contributed by atoms with Crippen LogP contribution < -0.4 is 0 Å². The van der Waals surface area contributed by atoms with Crippen molar-refractivity contribution in [3.63, 3.8) is 0 Å². The van der Waals surface area contributed by atoms with E-state index in [2.05, 4.69) is 202 Å². The number of para-hydroxylation sites is 5. The van der Waals surface area contributed by atoms with Crippen LogP contribution in [-0.2, 0) is 0 Å². The second-order valence-corrected chi connectivity index (χ2v) is 15.6. The van der Waals surface area contributed by atoms with Crippen LogP contribution in [0.1, 0.15) is 0 Å². The highest BCUT2D eigenvalue weighted by molar-refractivity contribution is 6.19. The molecule has 9 aromatic carbocycles. The molecule has 6 heteroatoms. The lowest BCUT2D eigenvalue weighted by Crippen LogP contribution is -2.08. The minimum atomic E-state index is 0.546. The summed E-state index contributed by atoms with van der Waals surface area (Å²) in [4.78, 5) is 16.0. The number of benzene rings is 9. The molecule has 0 spiro atoms. The highest BCUT2D eigenvalue weighted by atomic mass is 15.2. The third kappa shape index (κ3) is 5.00. The first kappa shape index (κ1) is 33.6. The summed E-state index contributed by atoms with van der Waals surface area (Å²) in [7, 11) is 0. The van der Waals surface area contributed by atoms with Gasteiger partial charge in [-0.1, -0.05) is 158 Å². The molecule has 0 bridgehead atoms. The summed E-state index contributed by atoms with van der Waals surface area (Å²) >= 11 is 0. The maximum atomic E-state index is 5.44. The van der Waals surface area contributed by atoms with E-state index in [9.17, 15) is 0 Å². The predicted molar refractivity (Wildman–Crippen MR) is 251 cm³/mol. The largest absolute Gasteiger partial charge is 0.309 e. The second kappa shape index (κ2) is 13.1. The van der Waals surface area contributed by atoms with Gasteiger partial charge < -0.3 is 9.13 Å². The van der Waals surface area contributed by atoms with E-state index < -0.39 is 0 Å². The molecule has 0 unspecified atom stereocenters. The number of nitrogens with zero attached hydrogens (tertiary/aromatic N) is 6. The highest BCUT2D eigenvalue weighted by Gasteiger charge is 2.25. The van der Waals surface area contributed by atoms with Gasteiger partial charge >= 0.3 is 0 Å². The van der Waals surface area contributed by atoms with E-state index in [0.717, 1.165) is 71.8 Å². The molecule has 0 aliphatic rings. The Balaban J connectivity index is 1.20. The average molecular weight is 779 g/mol. The second-order valence-electron chi connectivity index (χ2n) is 15.6. The molecule has 0 aliphatic carbocycles. The van der Waals surface area contributed by atoms with Crippen LogP contribution in [0, 0.1) is 0 Å². The number of aromatic nitrogens is 6. The molecule has 0 fully saturated rings. The topological polar surface area (TPSA) is 53.5 Å². The molecule has 4 aromatic heterocycles. The Labute approximate surface area is 349 Å². The van der Waals surface area contributed by atoms with E-state index in [1.165, 1.54) is 26.9 Å². The molecule has 0 saturated heterocycles. The van der Waals surface area contributed by atoms with Gasteiger partial charge in [0.05, 0.1) is 44.5 Å². The molecule has 61 heavy (non-hydrogen) atoms. The summed E-state index contributed by atoms with van der Waals surface area (Å²) in [6.45, 7) is 0. The van der Waals surface area contributed by atoms with Gasteiger partial charge in [0.25, 0.3) is 0 Å². The van der Waals surface area contributed by atoms with Gasteiger partial charge in [-0.15, -0.1) is 0 Å². The first-order valence-corrected chi connectivity index (χ1v) is 20.6. The van der Waals surface area contributed by atoms with Gasteiger partial charge in [-0.25, -0.2) is 4.98 Å². The molecule has 0 amide bonds. The minimum absolute atomic E-state index is 0.546. The van der Waals surface area contributed by atoms with Gasteiger partial charge in [0.2, 0.25) is 5.95 Å². The quantitative estimate of drug-likeness (QED) is 0.175. The zero-order chi connectivity index (χ0) is 40.0. The Kier molecular flexibility index (Phi) is 7.21. The molecule has 0 saturated carbocycles. The Morgan fingerprint density at radius 1 is 0.295 bits per heavy atom. The van der Waals surface area contributed by atoms with Crippen LogP contribution in [0.5, 0.6) is 0 Å². The fraction of sp³-hybridized carbons (Fsp3) is 0. The molecule has 284 valence electrons. The van der Waals surface area contributed by atoms with Crippen LogP contribution in [0.15, 0.2) is 206 Å². The maximum Gasteiger partial charge on any atom is 0.238 e. The molecule has 0 N–H and O–H groups in total. The van der Waals surface area contributed by atoms with E-state index in [0.29, 0.717) is 17.6 Å². The van der Waals surface area contributed by atoms with Gasteiger partial charge in [0, 0.05) is 43.4 Å². The van der Waals surface area contributed by atoms with Gasteiger partial charge in [-0.2, -0.15) is 9.97 Å². The van der Waals surface area contributed by atoms with Crippen molar-refractivity contribution >= 4 is 76.2 Å². The van der Waals surface area contributed by atoms with Crippen LogP contribution in [0.4, 0.5) is 0 Å². The lowest BCUT2D eigenvalue weighted by atomic mass is 10.1. The van der Waals surface area contributed by atoms with Crippen LogP contribution in [0.3, 0.4) is 0 Å². The van der Waals surface area contributed by atoms with Crippen molar-refractivity contribution in [1.29, 1.82) is 0 Å². The fourth-order valence-corrected chi connectivity index (χ4v) is 9.66. The summed E-state index contributed by atoms with van der Waals surface area (Å²) in [6, 6.07) is 73.2. The molecule has 4 heterocycles. The zero-order valence-electron chi connectivity index (χ0n) is 32.8. The van der Waals surface area contributed by atoms with Crippen LogP contribution in [0.25, 0.3) is 116 Å². The van der Waals surface area contributed by atoms with Gasteiger partial charge in [-0.05, 0) is 59.3 Å². The number of rotatable bonds is 5. The van der Waals surface area contributed by atoms with E-state index >= 15 is 0 Å². The maximum absolute atomic E-state index is 5.44. The SMILES string of the molecule is c1ccc(-c2nc(-c3ccc4ccccc4c3)nc(-n3c4cccc(-n5c6ccccc6c6ccccc65)c4c4cccc(-n5c6ccccc6c6ccccc65)c43)n2)cc1. The average Bonchev–Trinajstić information content (AvgIpc) is 3.98. The summed E-state index contributed by atoms with van der Waals surface area (Å²) in [5.74, 6) is 1.76. The third-order valence-electron chi connectivity index (χ3n) is 12.3. The van der Waals surface area contributed by atoms with Crippen molar-refractivity contribution in [2.24, 2.45) is 0 Å². The van der Waals surface area contributed by atoms with Crippen molar-refractivity contribution < 1.29 is 0 Å². The number of hydrogen-bond donors (Lipinski definition) is 0. The first-order valence-electron chi connectivity index (χ1n) is 20.6. The van der Waals surface area contributed by atoms with Crippen molar-refractivity contribution in [1.82, 2.24) is 28.7 Å². The van der Waals surface area contributed by atoms with Crippen LogP contribution in [-0.4, -0.2) is 28.7 Å².